The number of hydrogen-bond acceptors (Lipinski definition) is 3. The molecule has 0 aromatic heterocycles. The Labute approximate surface area is 83.1 Å². The number of rotatable bonds is 7. The average Bonchev–Trinajstić information content (AvgIpc) is 2.00. The second kappa shape index (κ2) is 6.37. The lowest BCUT2D eigenvalue weighted by atomic mass is 10.0. The van der Waals surface area contributed by atoms with Crippen molar-refractivity contribution in [3.05, 3.63) is 0 Å². The first kappa shape index (κ1) is 12.9. The monoisotopic (exact) mass is 203 g/mol. The van der Waals surface area contributed by atoms with Crippen molar-refractivity contribution in [1.82, 2.24) is 5.32 Å². The van der Waals surface area contributed by atoms with Gasteiger partial charge in [-0.05, 0) is 12.3 Å². The van der Waals surface area contributed by atoms with Gasteiger partial charge >= 0.3 is 11.9 Å². The van der Waals surface area contributed by atoms with Crippen molar-refractivity contribution in [1.29, 1.82) is 0 Å². The van der Waals surface area contributed by atoms with Crippen molar-refractivity contribution >= 4 is 11.9 Å². The average molecular weight is 203 g/mol. The zero-order valence-electron chi connectivity index (χ0n) is 8.49. The van der Waals surface area contributed by atoms with Crippen LogP contribution in [0.2, 0.25) is 0 Å². The van der Waals surface area contributed by atoms with E-state index in [-0.39, 0.29) is 18.9 Å². The highest BCUT2D eigenvalue weighted by Crippen LogP contribution is 2.04. The Morgan fingerprint density at radius 3 is 2.21 bits per heavy atom. The molecule has 0 radical (unpaired) electrons. The predicted molar refractivity (Wildman–Crippen MR) is 51.1 cm³/mol. The highest BCUT2D eigenvalue weighted by molar-refractivity contribution is 5.73. The summed E-state index contributed by atoms with van der Waals surface area (Å²) in [4.78, 5) is 20.9. The van der Waals surface area contributed by atoms with Crippen molar-refractivity contribution in [2.45, 2.75) is 32.7 Å². The second-order valence-electron chi connectivity index (χ2n) is 3.62. The molecular formula is C9H17NO4. The minimum absolute atomic E-state index is 0.0537. The van der Waals surface area contributed by atoms with Gasteiger partial charge in [0.25, 0.3) is 0 Å². The molecule has 0 rings (SSSR count). The summed E-state index contributed by atoms with van der Waals surface area (Å²) in [6, 6.07) is -0.644. The molecule has 0 aliphatic carbocycles. The first-order valence-corrected chi connectivity index (χ1v) is 4.61. The first-order valence-electron chi connectivity index (χ1n) is 4.61. The number of nitrogens with one attached hydrogen (secondary N) is 1. The van der Waals surface area contributed by atoms with Crippen molar-refractivity contribution in [2.75, 3.05) is 6.54 Å². The minimum Gasteiger partial charge on any atom is -0.481 e. The quantitative estimate of drug-likeness (QED) is 0.562. The summed E-state index contributed by atoms with van der Waals surface area (Å²) in [5.41, 5.74) is 0. The number of aliphatic carboxylic acids is 2. The molecule has 0 spiro atoms. The molecule has 0 aliphatic rings. The number of carbonyl (C=O) groups is 2. The molecule has 1 atom stereocenters. The van der Waals surface area contributed by atoms with Gasteiger partial charge < -0.3 is 15.5 Å². The maximum Gasteiger partial charge on any atom is 0.320 e. The smallest absolute Gasteiger partial charge is 0.320 e. The summed E-state index contributed by atoms with van der Waals surface area (Å²) in [7, 11) is 0. The topological polar surface area (TPSA) is 86.6 Å². The van der Waals surface area contributed by atoms with E-state index in [1.54, 1.807) is 0 Å². The van der Waals surface area contributed by atoms with Gasteiger partial charge in [-0.25, -0.2) is 0 Å². The van der Waals surface area contributed by atoms with Crippen LogP contribution in [0.15, 0.2) is 0 Å². The third-order valence-electron chi connectivity index (χ3n) is 1.73. The summed E-state index contributed by atoms with van der Waals surface area (Å²) in [5, 5.41) is 19.8. The fraction of sp³-hybridized carbons (Fsp3) is 0.778. The molecule has 14 heavy (non-hydrogen) atoms. The van der Waals surface area contributed by atoms with Crippen LogP contribution in [0, 0.1) is 5.92 Å². The molecule has 0 fully saturated rings. The van der Waals surface area contributed by atoms with Crippen LogP contribution >= 0.6 is 0 Å². The minimum atomic E-state index is -0.927. The van der Waals surface area contributed by atoms with Crippen LogP contribution in [0.1, 0.15) is 26.7 Å². The van der Waals surface area contributed by atoms with E-state index in [1.807, 2.05) is 13.8 Å². The Morgan fingerprint density at radius 1 is 1.29 bits per heavy atom. The Bertz CT molecular complexity index is 203. The number of carboxylic acid groups (broad SMARTS) is 2. The molecule has 5 heteroatoms. The summed E-state index contributed by atoms with van der Waals surface area (Å²) in [6.07, 6.45) is 0.455. The van der Waals surface area contributed by atoms with E-state index in [0.29, 0.717) is 6.42 Å². The Morgan fingerprint density at radius 2 is 1.86 bits per heavy atom. The highest BCUT2D eigenvalue weighted by Gasteiger charge is 2.17. The Balaban J connectivity index is 3.85. The van der Waals surface area contributed by atoms with Crippen molar-refractivity contribution in [3.8, 4) is 0 Å². The molecule has 0 unspecified atom stereocenters. The van der Waals surface area contributed by atoms with Gasteiger partial charge in [-0.2, -0.15) is 0 Å². The van der Waals surface area contributed by atoms with E-state index >= 15 is 0 Å². The molecule has 0 heterocycles. The second-order valence-corrected chi connectivity index (χ2v) is 3.62. The van der Waals surface area contributed by atoms with Gasteiger partial charge in [-0.1, -0.05) is 13.8 Å². The normalized spacial score (nSPS) is 12.8. The molecule has 0 saturated heterocycles. The van der Waals surface area contributed by atoms with Crippen LogP contribution in [-0.2, 0) is 9.59 Å². The third-order valence-corrected chi connectivity index (χ3v) is 1.73. The van der Waals surface area contributed by atoms with Gasteiger partial charge in [0.2, 0.25) is 0 Å². The zero-order chi connectivity index (χ0) is 11.1. The van der Waals surface area contributed by atoms with Crippen LogP contribution in [0.25, 0.3) is 0 Å². The fourth-order valence-corrected chi connectivity index (χ4v) is 1.10. The molecule has 5 nitrogen and oxygen atoms in total. The maximum absolute atomic E-state index is 10.7. The first-order chi connectivity index (χ1) is 6.43. The van der Waals surface area contributed by atoms with Crippen molar-refractivity contribution in [3.63, 3.8) is 0 Å². The lowest BCUT2D eigenvalue weighted by Crippen LogP contribution is -2.38. The lowest BCUT2D eigenvalue weighted by molar-refractivity contribution is -0.141. The van der Waals surface area contributed by atoms with Crippen LogP contribution in [0.5, 0.6) is 0 Å². The largest absolute Gasteiger partial charge is 0.481 e. The molecule has 0 aliphatic heterocycles. The van der Waals surface area contributed by atoms with Crippen molar-refractivity contribution < 1.29 is 19.8 Å². The van der Waals surface area contributed by atoms with E-state index in [1.165, 1.54) is 0 Å². The Hall–Kier alpha value is -1.10. The molecule has 82 valence electrons. The van der Waals surface area contributed by atoms with E-state index < -0.39 is 18.0 Å². The van der Waals surface area contributed by atoms with Gasteiger partial charge in [-0.15, -0.1) is 0 Å². The molecular weight excluding hydrogens is 186 g/mol. The Kier molecular flexibility index (Phi) is 5.87. The zero-order valence-corrected chi connectivity index (χ0v) is 8.49. The third kappa shape index (κ3) is 6.42. The number of hydrogen-bond donors (Lipinski definition) is 3. The van der Waals surface area contributed by atoms with Crippen molar-refractivity contribution in [2.24, 2.45) is 5.92 Å². The van der Waals surface area contributed by atoms with E-state index in [2.05, 4.69) is 5.32 Å². The number of carboxylic acids is 2. The van der Waals surface area contributed by atoms with E-state index in [9.17, 15) is 9.59 Å². The van der Waals surface area contributed by atoms with E-state index in [4.69, 9.17) is 10.2 Å². The van der Waals surface area contributed by atoms with E-state index in [0.717, 1.165) is 0 Å². The fourth-order valence-electron chi connectivity index (χ4n) is 1.10. The molecule has 0 aromatic rings. The van der Waals surface area contributed by atoms with Crippen LogP contribution in [0.3, 0.4) is 0 Å². The van der Waals surface area contributed by atoms with Gasteiger partial charge in [0.15, 0.2) is 0 Å². The summed E-state index contributed by atoms with van der Waals surface area (Å²) in [5.74, 6) is -1.58. The SMILES string of the molecule is CC(C)C[C@H](NCCC(=O)O)C(=O)O. The molecule has 0 saturated carbocycles. The van der Waals surface area contributed by atoms with Gasteiger partial charge in [-0.3, -0.25) is 9.59 Å². The van der Waals surface area contributed by atoms with Crippen LogP contribution < -0.4 is 5.32 Å². The summed E-state index contributed by atoms with van der Waals surface area (Å²) < 4.78 is 0. The molecule has 0 amide bonds. The molecule has 0 aromatic carbocycles. The lowest BCUT2D eigenvalue weighted by Gasteiger charge is -2.15. The summed E-state index contributed by atoms with van der Waals surface area (Å²) in [6.45, 7) is 4.04. The van der Waals surface area contributed by atoms with Crippen LogP contribution in [0.4, 0.5) is 0 Å². The van der Waals surface area contributed by atoms with Gasteiger partial charge in [0.05, 0.1) is 6.42 Å². The maximum atomic E-state index is 10.7. The van der Waals surface area contributed by atoms with Crippen LogP contribution in [-0.4, -0.2) is 34.7 Å². The standard InChI is InChI=1S/C9H17NO4/c1-6(2)5-7(9(13)14)10-4-3-8(11)12/h6-7,10H,3-5H2,1-2H3,(H,11,12)(H,13,14)/t7-/m0/s1. The van der Waals surface area contributed by atoms with Gasteiger partial charge in [0.1, 0.15) is 6.04 Å². The molecule has 0 bridgehead atoms. The highest BCUT2D eigenvalue weighted by atomic mass is 16.4. The molecule has 3 N–H and O–H groups in total. The predicted octanol–water partition coefficient (Wildman–Crippen LogP) is 0.550. The summed E-state index contributed by atoms with van der Waals surface area (Å²) >= 11 is 0. The van der Waals surface area contributed by atoms with Gasteiger partial charge in [0, 0.05) is 6.54 Å².